The summed E-state index contributed by atoms with van der Waals surface area (Å²) in [5, 5.41) is 18.9. The first-order chi connectivity index (χ1) is 16.0. The molecule has 0 radical (unpaired) electrons. The fourth-order valence-corrected chi connectivity index (χ4v) is 5.13. The highest BCUT2D eigenvalue weighted by Gasteiger charge is 2.45. The number of halogens is 1. The van der Waals surface area contributed by atoms with E-state index in [0.29, 0.717) is 45.9 Å². The van der Waals surface area contributed by atoms with Crippen LogP contribution in [0.2, 0.25) is 4.34 Å². The van der Waals surface area contributed by atoms with E-state index in [4.69, 9.17) is 21.7 Å². The molecule has 0 unspecified atom stereocenters. The first kappa shape index (κ1) is 20.4. The summed E-state index contributed by atoms with van der Waals surface area (Å²) in [6.07, 6.45) is 7.33. The molecule has 33 heavy (non-hydrogen) atoms. The Morgan fingerprint density at radius 1 is 1.39 bits per heavy atom. The van der Waals surface area contributed by atoms with Gasteiger partial charge in [0.1, 0.15) is 15.4 Å². The maximum absolute atomic E-state index is 13.3. The van der Waals surface area contributed by atoms with Crippen LogP contribution < -0.4 is 15.5 Å². The molecule has 1 aliphatic heterocycles. The highest BCUT2D eigenvalue weighted by molar-refractivity contribution is 7.19. The number of carbonyl (C=O) groups is 1. The largest absolute Gasteiger partial charge is 0.325 e. The van der Waals surface area contributed by atoms with Gasteiger partial charge in [-0.3, -0.25) is 15.2 Å². The van der Waals surface area contributed by atoms with Gasteiger partial charge in [0, 0.05) is 30.4 Å². The zero-order valence-corrected chi connectivity index (χ0v) is 19.4. The van der Waals surface area contributed by atoms with Gasteiger partial charge in [-0.1, -0.05) is 22.9 Å². The van der Waals surface area contributed by atoms with Crippen molar-refractivity contribution in [2.24, 2.45) is 0 Å². The average molecular weight is 484 g/mol. The fourth-order valence-electron chi connectivity index (χ4n) is 4.32. The maximum Gasteiger partial charge on any atom is 0.251 e. The van der Waals surface area contributed by atoms with E-state index in [-0.39, 0.29) is 5.91 Å². The van der Waals surface area contributed by atoms with Crippen LogP contribution in [0.15, 0.2) is 30.6 Å². The molecule has 1 amide bonds. The normalized spacial score (nSPS) is 20.5. The Labute approximate surface area is 198 Å². The summed E-state index contributed by atoms with van der Waals surface area (Å²) in [6.45, 7) is 2.58. The number of fused-ring (bicyclic) bond motifs is 1. The van der Waals surface area contributed by atoms with Crippen molar-refractivity contribution in [2.75, 3.05) is 22.1 Å². The lowest BCUT2D eigenvalue weighted by Gasteiger charge is -2.33. The standard InChI is InChI=1S/C21H22ClN9OS/c1-21(18(32)26-20-23-11-15(22)33-20)7-3-8-30(21)19-25-17(14-4-2-9-31(14)29-19)24-16-10-13(27-28-16)12-5-6-12/h2,4,9-12H,3,5-8H2,1H3,(H,23,26,32)(H2,24,25,27,28,29)/t21-/m0/s1. The molecule has 0 bridgehead atoms. The zero-order valence-electron chi connectivity index (χ0n) is 17.9. The molecule has 1 aliphatic carbocycles. The van der Waals surface area contributed by atoms with Crippen LogP contribution in [0.3, 0.4) is 0 Å². The first-order valence-corrected chi connectivity index (χ1v) is 12.1. The number of nitrogens with zero attached hydrogens (tertiary/aromatic N) is 6. The zero-order chi connectivity index (χ0) is 22.6. The molecule has 5 heterocycles. The molecule has 170 valence electrons. The minimum atomic E-state index is -0.818. The van der Waals surface area contributed by atoms with Crippen LogP contribution in [0.25, 0.3) is 5.52 Å². The number of anilines is 4. The van der Waals surface area contributed by atoms with Crippen molar-refractivity contribution in [3.8, 4) is 0 Å². The number of aromatic nitrogens is 6. The molecule has 3 N–H and O–H groups in total. The third-order valence-electron chi connectivity index (χ3n) is 6.31. The van der Waals surface area contributed by atoms with Crippen LogP contribution in [-0.2, 0) is 4.79 Å². The van der Waals surface area contributed by atoms with Gasteiger partial charge in [0.15, 0.2) is 16.8 Å². The molecular weight excluding hydrogens is 462 g/mol. The lowest BCUT2D eigenvalue weighted by molar-refractivity contribution is -0.120. The third kappa shape index (κ3) is 3.70. The van der Waals surface area contributed by atoms with Gasteiger partial charge in [-0.25, -0.2) is 9.50 Å². The Balaban J connectivity index is 1.32. The lowest BCUT2D eigenvalue weighted by atomic mass is 9.98. The summed E-state index contributed by atoms with van der Waals surface area (Å²) in [5.74, 6) is 2.26. The van der Waals surface area contributed by atoms with E-state index >= 15 is 0 Å². The maximum atomic E-state index is 13.3. The smallest absolute Gasteiger partial charge is 0.251 e. The number of hydrogen-bond acceptors (Lipinski definition) is 8. The lowest BCUT2D eigenvalue weighted by Crippen LogP contribution is -2.51. The van der Waals surface area contributed by atoms with Gasteiger partial charge >= 0.3 is 0 Å². The summed E-state index contributed by atoms with van der Waals surface area (Å²) in [4.78, 5) is 24.2. The molecule has 4 aromatic heterocycles. The van der Waals surface area contributed by atoms with E-state index in [1.54, 1.807) is 4.52 Å². The number of thiazole rings is 1. The van der Waals surface area contributed by atoms with Crippen molar-refractivity contribution in [1.82, 2.24) is 29.8 Å². The van der Waals surface area contributed by atoms with Crippen LogP contribution in [0, 0.1) is 0 Å². The van der Waals surface area contributed by atoms with E-state index in [0.717, 1.165) is 17.6 Å². The Hall–Kier alpha value is -3.18. The second kappa shape index (κ2) is 7.70. The summed E-state index contributed by atoms with van der Waals surface area (Å²) >= 11 is 7.21. The van der Waals surface area contributed by atoms with Crippen molar-refractivity contribution in [1.29, 1.82) is 0 Å². The van der Waals surface area contributed by atoms with Crippen molar-refractivity contribution in [3.63, 3.8) is 0 Å². The van der Waals surface area contributed by atoms with E-state index in [9.17, 15) is 4.79 Å². The molecule has 4 aromatic rings. The third-order valence-corrected chi connectivity index (χ3v) is 7.34. The van der Waals surface area contributed by atoms with Crippen LogP contribution in [0.4, 0.5) is 22.7 Å². The molecule has 1 atom stereocenters. The fraction of sp³-hybridized carbons (Fsp3) is 0.381. The van der Waals surface area contributed by atoms with Gasteiger partial charge in [-0.2, -0.15) is 10.1 Å². The van der Waals surface area contributed by atoms with Crippen LogP contribution >= 0.6 is 22.9 Å². The second-order valence-electron chi connectivity index (χ2n) is 8.66. The van der Waals surface area contributed by atoms with Crippen LogP contribution in [0.1, 0.15) is 44.2 Å². The van der Waals surface area contributed by atoms with Crippen molar-refractivity contribution < 1.29 is 4.79 Å². The molecule has 2 fully saturated rings. The second-order valence-corrected chi connectivity index (χ2v) is 10.3. The SMILES string of the molecule is C[C@@]1(C(=O)Nc2ncc(Cl)s2)CCCN1c1nc(Nc2cc(C3CC3)[nH]n2)c2cccn2n1. The Bertz CT molecular complexity index is 1340. The van der Waals surface area contributed by atoms with E-state index < -0.39 is 5.54 Å². The number of rotatable bonds is 6. The number of H-pyrrole nitrogens is 1. The van der Waals surface area contributed by atoms with Crippen molar-refractivity contribution in [2.45, 2.75) is 44.1 Å². The molecule has 12 heteroatoms. The number of carbonyl (C=O) groups excluding carboxylic acids is 1. The number of aromatic amines is 1. The van der Waals surface area contributed by atoms with E-state index in [2.05, 4.69) is 25.8 Å². The summed E-state index contributed by atoms with van der Waals surface area (Å²) in [7, 11) is 0. The highest BCUT2D eigenvalue weighted by atomic mass is 35.5. The highest BCUT2D eigenvalue weighted by Crippen LogP contribution is 2.40. The average Bonchev–Trinajstić information content (AvgIpc) is 3.17. The Morgan fingerprint density at radius 3 is 3.06 bits per heavy atom. The molecule has 10 nitrogen and oxygen atoms in total. The van der Waals surface area contributed by atoms with Crippen molar-refractivity contribution in [3.05, 3.63) is 40.6 Å². The topological polar surface area (TPSA) is 116 Å². The number of nitrogens with one attached hydrogen (secondary N) is 3. The molecule has 0 spiro atoms. The monoisotopic (exact) mass is 483 g/mol. The van der Waals surface area contributed by atoms with Gasteiger partial charge in [0.2, 0.25) is 5.95 Å². The quantitative estimate of drug-likeness (QED) is 0.376. The summed E-state index contributed by atoms with van der Waals surface area (Å²) in [6, 6.07) is 5.90. The predicted octanol–water partition coefficient (Wildman–Crippen LogP) is 4.18. The predicted molar refractivity (Wildman–Crippen MR) is 128 cm³/mol. The van der Waals surface area contributed by atoms with Gasteiger partial charge < -0.3 is 10.2 Å². The molecular formula is C21H22ClN9OS. The minimum absolute atomic E-state index is 0.155. The minimum Gasteiger partial charge on any atom is -0.325 e. The van der Waals surface area contributed by atoms with Crippen LogP contribution in [-0.4, -0.2) is 47.8 Å². The number of amides is 1. The summed E-state index contributed by atoms with van der Waals surface area (Å²) in [5.41, 5.74) is 1.16. The summed E-state index contributed by atoms with van der Waals surface area (Å²) < 4.78 is 2.30. The van der Waals surface area contributed by atoms with Gasteiger partial charge in [-0.15, -0.1) is 5.10 Å². The van der Waals surface area contributed by atoms with Crippen LogP contribution in [0.5, 0.6) is 0 Å². The molecule has 1 saturated carbocycles. The molecule has 6 rings (SSSR count). The van der Waals surface area contributed by atoms with Gasteiger partial charge in [0.05, 0.1) is 6.20 Å². The van der Waals surface area contributed by atoms with Gasteiger partial charge in [0.25, 0.3) is 5.91 Å². The molecule has 1 saturated heterocycles. The van der Waals surface area contributed by atoms with Crippen molar-refractivity contribution >= 4 is 57.1 Å². The Morgan fingerprint density at radius 2 is 2.27 bits per heavy atom. The van der Waals surface area contributed by atoms with E-state index in [1.807, 2.05) is 36.2 Å². The van der Waals surface area contributed by atoms with Gasteiger partial charge in [-0.05, 0) is 44.7 Å². The molecule has 0 aromatic carbocycles. The Kier molecular flexibility index (Phi) is 4.77. The first-order valence-electron chi connectivity index (χ1n) is 10.9. The number of hydrogen-bond donors (Lipinski definition) is 3. The van der Waals surface area contributed by atoms with E-state index in [1.165, 1.54) is 30.4 Å². The molecule has 2 aliphatic rings.